The number of amides is 1. The van der Waals surface area contributed by atoms with Gasteiger partial charge in [0.05, 0.1) is 37.5 Å². The average Bonchev–Trinajstić information content (AvgIpc) is 3.28. The predicted molar refractivity (Wildman–Crippen MR) is 114 cm³/mol. The van der Waals surface area contributed by atoms with Crippen molar-refractivity contribution in [2.45, 2.75) is 32.4 Å². The summed E-state index contributed by atoms with van der Waals surface area (Å²) in [6.07, 6.45) is 2.43. The number of aryl methyl sites for hydroxylation is 1. The van der Waals surface area contributed by atoms with E-state index >= 15 is 0 Å². The number of aromatic nitrogens is 2. The van der Waals surface area contributed by atoms with Gasteiger partial charge in [-0.2, -0.15) is 0 Å². The summed E-state index contributed by atoms with van der Waals surface area (Å²) < 4.78 is 12.1. The molecule has 1 unspecified atom stereocenters. The minimum atomic E-state index is -0.163. The largest absolute Gasteiger partial charge is 0.493 e. The van der Waals surface area contributed by atoms with Gasteiger partial charge in [0.1, 0.15) is 0 Å². The highest BCUT2D eigenvalue weighted by Crippen LogP contribution is 2.29. The Morgan fingerprint density at radius 3 is 2.66 bits per heavy atom. The molecule has 0 bridgehead atoms. The van der Waals surface area contributed by atoms with E-state index in [1.54, 1.807) is 28.4 Å². The van der Waals surface area contributed by atoms with Crippen LogP contribution < -0.4 is 15.0 Å². The first-order valence-corrected chi connectivity index (χ1v) is 10.2. The first-order chi connectivity index (χ1) is 14.0. The lowest BCUT2D eigenvalue weighted by Crippen LogP contribution is -2.29. The van der Waals surface area contributed by atoms with Crippen molar-refractivity contribution in [1.82, 2.24) is 14.5 Å². The minimum Gasteiger partial charge on any atom is -0.493 e. The van der Waals surface area contributed by atoms with Gasteiger partial charge in [0, 0.05) is 31.0 Å². The molecule has 3 aromatic rings. The van der Waals surface area contributed by atoms with Crippen LogP contribution in [0.3, 0.4) is 0 Å². The Morgan fingerprint density at radius 2 is 2.00 bits per heavy atom. The molecule has 2 aromatic heterocycles. The third-order valence-corrected chi connectivity index (χ3v) is 6.09. The molecule has 0 radical (unpaired) electrons. The molecule has 0 fully saturated rings. The Bertz CT molecular complexity index is 1050. The van der Waals surface area contributed by atoms with E-state index < -0.39 is 0 Å². The van der Waals surface area contributed by atoms with Crippen molar-refractivity contribution >= 4 is 28.1 Å². The van der Waals surface area contributed by atoms with E-state index in [2.05, 4.69) is 4.98 Å². The van der Waals surface area contributed by atoms with Crippen LogP contribution in [-0.4, -0.2) is 41.6 Å². The molecule has 1 atom stereocenters. The number of fused-ring (bicyclic) bond motifs is 1. The maximum Gasteiger partial charge on any atom is 0.261 e. The topological polar surface area (TPSA) is 73.7 Å². The predicted octanol–water partition coefficient (Wildman–Crippen LogP) is 3.48. The van der Waals surface area contributed by atoms with Crippen molar-refractivity contribution < 1.29 is 14.3 Å². The third kappa shape index (κ3) is 4.42. The van der Waals surface area contributed by atoms with Gasteiger partial charge in [-0.1, -0.05) is 6.07 Å². The van der Waals surface area contributed by atoms with Gasteiger partial charge in [-0.15, -0.1) is 11.3 Å². The van der Waals surface area contributed by atoms with E-state index in [1.165, 1.54) is 25.1 Å². The van der Waals surface area contributed by atoms with Crippen LogP contribution in [0.4, 0.5) is 0 Å². The average molecular weight is 416 g/mol. The number of methoxy groups -OCH3 is 2. The van der Waals surface area contributed by atoms with Crippen LogP contribution in [0.1, 0.15) is 30.7 Å². The molecule has 0 saturated heterocycles. The van der Waals surface area contributed by atoms with Crippen LogP contribution in [0.25, 0.3) is 10.9 Å². The van der Waals surface area contributed by atoms with Crippen molar-refractivity contribution in [2.24, 2.45) is 0 Å². The Labute approximate surface area is 173 Å². The molecule has 0 spiro atoms. The fraction of sp³-hybridized carbons (Fsp3) is 0.381. The first-order valence-electron chi connectivity index (χ1n) is 9.36. The van der Waals surface area contributed by atoms with E-state index in [0.29, 0.717) is 41.8 Å². The van der Waals surface area contributed by atoms with Crippen LogP contribution in [0, 0.1) is 0 Å². The molecule has 0 aliphatic heterocycles. The van der Waals surface area contributed by atoms with Crippen molar-refractivity contribution in [2.75, 3.05) is 21.3 Å². The Hall–Kier alpha value is -2.87. The second kappa shape index (κ2) is 9.09. The zero-order valence-electron chi connectivity index (χ0n) is 17.0. The van der Waals surface area contributed by atoms with Crippen LogP contribution in [0.2, 0.25) is 0 Å². The summed E-state index contributed by atoms with van der Waals surface area (Å²) in [6, 6.07) is 7.38. The molecule has 0 saturated carbocycles. The van der Waals surface area contributed by atoms with Crippen molar-refractivity contribution in [3.63, 3.8) is 0 Å². The summed E-state index contributed by atoms with van der Waals surface area (Å²) >= 11 is 1.64. The number of hydrogen-bond acceptors (Lipinski definition) is 6. The Balaban J connectivity index is 1.68. The lowest BCUT2D eigenvalue weighted by atomic mass is 10.2. The summed E-state index contributed by atoms with van der Waals surface area (Å²) in [6.45, 7) is 2.44. The highest BCUT2D eigenvalue weighted by molar-refractivity contribution is 7.10. The van der Waals surface area contributed by atoms with Gasteiger partial charge in [-0.3, -0.25) is 14.2 Å². The zero-order valence-corrected chi connectivity index (χ0v) is 17.9. The standard InChI is InChI=1S/C21H25N3O4S/c1-14(19-7-6-10-29-19)23(2)20(25)8-5-9-24-13-22-16-12-18(28-4)17(27-3)11-15(16)21(24)26/h6-7,10-14H,5,8-9H2,1-4H3. The van der Waals surface area contributed by atoms with Crippen LogP contribution in [-0.2, 0) is 11.3 Å². The molecule has 2 heterocycles. The summed E-state index contributed by atoms with van der Waals surface area (Å²) in [7, 11) is 4.88. The fourth-order valence-corrected chi connectivity index (χ4v) is 3.98. The van der Waals surface area contributed by atoms with Gasteiger partial charge in [0.25, 0.3) is 5.56 Å². The minimum absolute atomic E-state index is 0.0370. The lowest BCUT2D eigenvalue weighted by molar-refractivity contribution is -0.131. The van der Waals surface area contributed by atoms with E-state index in [-0.39, 0.29) is 17.5 Å². The van der Waals surface area contributed by atoms with Crippen molar-refractivity contribution in [1.29, 1.82) is 0 Å². The van der Waals surface area contributed by atoms with Gasteiger partial charge in [-0.05, 0) is 30.9 Å². The maximum absolute atomic E-state index is 12.8. The van der Waals surface area contributed by atoms with E-state index in [9.17, 15) is 9.59 Å². The maximum atomic E-state index is 12.8. The number of thiophene rings is 1. The molecule has 3 rings (SSSR count). The molecule has 0 aliphatic rings. The summed E-state index contributed by atoms with van der Waals surface area (Å²) in [5.41, 5.74) is 0.383. The second-order valence-electron chi connectivity index (χ2n) is 6.77. The zero-order chi connectivity index (χ0) is 21.0. The first kappa shape index (κ1) is 20.9. The van der Waals surface area contributed by atoms with Crippen molar-refractivity contribution in [3.05, 3.63) is 51.2 Å². The molecule has 154 valence electrons. The third-order valence-electron chi connectivity index (χ3n) is 5.05. The molecule has 7 nitrogen and oxygen atoms in total. The summed E-state index contributed by atoms with van der Waals surface area (Å²) in [5, 5.41) is 2.47. The highest BCUT2D eigenvalue weighted by Gasteiger charge is 2.18. The second-order valence-corrected chi connectivity index (χ2v) is 7.75. The van der Waals surface area contributed by atoms with Crippen LogP contribution in [0.5, 0.6) is 11.5 Å². The molecule has 0 aliphatic carbocycles. The SMILES string of the molecule is COc1cc2ncn(CCCC(=O)N(C)C(C)c3cccs3)c(=O)c2cc1OC. The molecule has 0 N–H and O–H groups in total. The molecule has 8 heteroatoms. The smallest absolute Gasteiger partial charge is 0.261 e. The number of rotatable bonds is 8. The highest BCUT2D eigenvalue weighted by atomic mass is 32.1. The number of carbonyl (C=O) groups excluding carboxylic acids is 1. The Morgan fingerprint density at radius 1 is 1.28 bits per heavy atom. The number of nitrogens with zero attached hydrogens (tertiary/aromatic N) is 3. The van der Waals surface area contributed by atoms with E-state index in [1.807, 2.05) is 31.5 Å². The fourth-order valence-electron chi connectivity index (χ4n) is 3.16. The summed E-state index contributed by atoms with van der Waals surface area (Å²) in [5.74, 6) is 1.06. The number of benzene rings is 1. The molecule has 1 amide bonds. The van der Waals surface area contributed by atoms with E-state index in [0.717, 1.165) is 4.88 Å². The van der Waals surface area contributed by atoms with Crippen LogP contribution in [0.15, 0.2) is 40.8 Å². The van der Waals surface area contributed by atoms with Gasteiger partial charge in [0.15, 0.2) is 11.5 Å². The van der Waals surface area contributed by atoms with Gasteiger partial charge >= 0.3 is 0 Å². The molecular weight excluding hydrogens is 390 g/mol. The van der Waals surface area contributed by atoms with Gasteiger partial charge in [-0.25, -0.2) is 4.98 Å². The normalized spacial score (nSPS) is 12.0. The Kier molecular flexibility index (Phi) is 6.53. The van der Waals surface area contributed by atoms with Gasteiger partial charge in [0.2, 0.25) is 5.91 Å². The quantitative estimate of drug-likeness (QED) is 0.563. The monoisotopic (exact) mass is 415 g/mol. The number of hydrogen-bond donors (Lipinski definition) is 0. The number of ether oxygens (including phenoxy) is 2. The van der Waals surface area contributed by atoms with Gasteiger partial charge < -0.3 is 14.4 Å². The summed E-state index contributed by atoms with van der Waals surface area (Å²) in [4.78, 5) is 32.6. The molecule has 1 aromatic carbocycles. The molecular formula is C21H25N3O4S. The molecule has 29 heavy (non-hydrogen) atoms. The van der Waals surface area contributed by atoms with Crippen molar-refractivity contribution in [3.8, 4) is 11.5 Å². The lowest BCUT2D eigenvalue weighted by Gasteiger charge is -2.24. The number of carbonyl (C=O) groups is 1. The van der Waals surface area contributed by atoms with E-state index in [4.69, 9.17) is 9.47 Å². The van der Waals surface area contributed by atoms with Crippen LogP contribution >= 0.6 is 11.3 Å².